The Bertz CT molecular complexity index is 538. The molecule has 1 aromatic carbocycles. The second kappa shape index (κ2) is 6.93. The Hall–Kier alpha value is -1.56. The van der Waals surface area contributed by atoms with Crippen molar-refractivity contribution in [2.75, 3.05) is 11.9 Å². The fraction of sp³-hybridized carbons (Fsp3) is 0.467. The van der Waals surface area contributed by atoms with Gasteiger partial charge in [-0.05, 0) is 30.0 Å². The Balaban J connectivity index is 2.87. The summed E-state index contributed by atoms with van der Waals surface area (Å²) in [4.78, 5) is 22.7. The van der Waals surface area contributed by atoms with Crippen LogP contribution in [0.25, 0.3) is 0 Å². The van der Waals surface area contributed by atoms with Gasteiger partial charge in [0.25, 0.3) is 5.91 Å². The van der Waals surface area contributed by atoms with Crippen molar-refractivity contribution in [2.24, 2.45) is 17.1 Å². The molecule has 0 bridgehead atoms. The van der Waals surface area contributed by atoms with Gasteiger partial charge in [-0.1, -0.05) is 36.7 Å². The summed E-state index contributed by atoms with van der Waals surface area (Å²) in [6.07, 6.45) is 0.537. The number of carbonyl (C=O) groups is 2. The maximum absolute atomic E-state index is 11.4. The normalized spacial score (nSPS) is 12.8. The minimum atomic E-state index is -0.854. The van der Waals surface area contributed by atoms with E-state index in [-0.39, 0.29) is 12.0 Å². The second-order valence-electron chi connectivity index (χ2n) is 6.24. The highest BCUT2D eigenvalue weighted by Crippen LogP contribution is 2.26. The number of halogens is 1. The lowest BCUT2D eigenvalue weighted by molar-refractivity contribution is -0.142. The van der Waals surface area contributed by atoms with Crippen LogP contribution in [-0.4, -0.2) is 23.5 Å². The van der Waals surface area contributed by atoms with Crippen molar-refractivity contribution in [2.45, 2.75) is 27.2 Å². The number of carboxylic acid groups (broad SMARTS) is 1. The van der Waals surface area contributed by atoms with E-state index >= 15 is 0 Å². The number of hydrogen-bond acceptors (Lipinski definition) is 3. The number of nitrogens with one attached hydrogen (secondary N) is 1. The van der Waals surface area contributed by atoms with Gasteiger partial charge in [0.05, 0.1) is 11.5 Å². The topological polar surface area (TPSA) is 92.4 Å². The van der Waals surface area contributed by atoms with E-state index in [9.17, 15) is 14.7 Å². The number of rotatable bonds is 6. The summed E-state index contributed by atoms with van der Waals surface area (Å²) < 4.78 is 0.790. The highest BCUT2D eigenvalue weighted by molar-refractivity contribution is 9.10. The Morgan fingerprint density at radius 3 is 2.48 bits per heavy atom. The van der Waals surface area contributed by atoms with Gasteiger partial charge in [-0.3, -0.25) is 9.59 Å². The number of carbonyl (C=O) groups excluding carboxylic acids is 1. The van der Waals surface area contributed by atoms with Gasteiger partial charge in [-0.15, -0.1) is 0 Å². The van der Waals surface area contributed by atoms with Crippen molar-refractivity contribution in [3.8, 4) is 0 Å². The van der Waals surface area contributed by atoms with Gasteiger partial charge in [0.1, 0.15) is 0 Å². The number of anilines is 1. The first-order chi connectivity index (χ1) is 9.60. The average Bonchev–Trinajstić information content (AvgIpc) is 2.32. The zero-order valence-corrected chi connectivity index (χ0v) is 14.0. The zero-order chi connectivity index (χ0) is 16.2. The maximum atomic E-state index is 11.4. The molecule has 0 saturated heterocycles. The molecule has 1 rings (SSSR count). The molecule has 1 unspecified atom stereocenters. The van der Waals surface area contributed by atoms with Gasteiger partial charge < -0.3 is 16.2 Å². The Morgan fingerprint density at radius 2 is 2.00 bits per heavy atom. The lowest BCUT2D eigenvalue weighted by Gasteiger charge is -2.24. The van der Waals surface area contributed by atoms with E-state index in [2.05, 4.69) is 21.2 Å². The minimum absolute atomic E-state index is 0.0888. The number of hydrogen-bond donors (Lipinski definition) is 3. The molecule has 0 fully saturated rings. The van der Waals surface area contributed by atoms with Crippen LogP contribution in [0.15, 0.2) is 22.7 Å². The third kappa shape index (κ3) is 5.75. The Kier molecular flexibility index (Phi) is 5.78. The van der Waals surface area contributed by atoms with E-state index in [1.54, 1.807) is 18.2 Å². The van der Waals surface area contributed by atoms with Crippen LogP contribution in [0.5, 0.6) is 0 Å². The molecule has 116 valence electrons. The SMILES string of the molecule is CC(C)(C)CC(CNc1cc(Br)ccc1C(N)=O)C(=O)O. The summed E-state index contributed by atoms with van der Waals surface area (Å²) in [5, 5.41) is 12.3. The zero-order valence-electron chi connectivity index (χ0n) is 12.4. The molecule has 1 amide bonds. The van der Waals surface area contributed by atoms with Crippen molar-refractivity contribution in [1.82, 2.24) is 0 Å². The van der Waals surface area contributed by atoms with Crippen LogP contribution >= 0.6 is 15.9 Å². The molecule has 5 nitrogen and oxygen atoms in total. The fourth-order valence-electron chi connectivity index (χ4n) is 2.10. The number of primary amides is 1. The molecule has 1 atom stereocenters. The predicted octanol–water partition coefficient (Wildman–Crippen LogP) is 3.10. The lowest BCUT2D eigenvalue weighted by atomic mass is 9.84. The molecule has 0 aromatic heterocycles. The summed E-state index contributed by atoms with van der Waals surface area (Å²) in [5.74, 6) is -1.94. The molecule has 4 N–H and O–H groups in total. The van der Waals surface area contributed by atoms with Gasteiger partial charge in [-0.25, -0.2) is 0 Å². The van der Waals surface area contributed by atoms with Gasteiger partial charge >= 0.3 is 5.97 Å². The van der Waals surface area contributed by atoms with Crippen LogP contribution in [0.2, 0.25) is 0 Å². The van der Waals surface area contributed by atoms with Crippen molar-refractivity contribution in [1.29, 1.82) is 0 Å². The summed E-state index contributed by atoms with van der Waals surface area (Å²) >= 11 is 3.32. The fourth-order valence-corrected chi connectivity index (χ4v) is 2.46. The summed E-state index contributed by atoms with van der Waals surface area (Å²) in [7, 11) is 0. The molecule has 0 saturated carbocycles. The van der Waals surface area contributed by atoms with E-state index in [1.807, 2.05) is 20.8 Å². The van der Waals surface area contributed by atoms with Gasteiger partial charge in [0, 0.05) is 16.7 Å². The molecule has 21 heavy (non-hydrogen) atoms. The maximum Gasteiger partial charge on any atom is 0.308 e. The van der Waals surface area contributed by atoms with E-state index in [4.69, 9.17) is 5.73 Å². The molecule has 1 aromatic rings. The molecule has 0 spiro atoms. The van der Waals surface area contributed by atoms with Crippen LogP contribution < -0.4 is 11.1 Å². The van der Waals surface area contributed by atoms with Crippen molar-refractivity contribution >= 4 is 33.5 Å². The van der Waals surface area contributed by atoms with Crippen LogP contribution in [0.3, 0.4) is 0 Å². The lowest BCUT2D eigenvalue weighted by Crippen LogP contribution is -2.28. The third-order valence-corrected chi connectivity index (χ3v) is 3.49. The van der Waals surface area contributed by atoms with E-state index in [1.165, 1.54) is 0 Å². The van der Waals surface area contributed by atoms with Gasteiger partial charge in [-0.2, -0.15) is 0 Å². The largest absolute Gasteiger partial charge is 0.481 e. The van der Waals surface area contributed by atoms with Crippen molar-refractivity contribution in [3.05, 3.63) is 28.2 Å². The molecule has 0 aliphatic heterocycles. The average molecular weight is 357 g/mol. The standard InChI is InChI=1S/C15H21BrN2O3/c1-15(2,3)7-9(14(20)21)8-18-12-6-10(16)4-5-11(12)13(17)19/h4-6,9,18H,7-8H2,1-3H3,(H2,17,19)(H,20,21). The Labute approximate surface area is 133 Å². The van der Waals surface area contributed by atoms with E-state index in [0.717, 1.165) is 4.47 Å². The highest BCUT2D eigenvalue weighted by atomic mass is 79.9. The summed E-state index contributed by atoms with van der Waals surface area (Å²) in [6, 6.07) is 5.04. The number of aliphatic carboxylic acids is 1. The third-order valence-electron chi connectivity index (χ3n) is 2.99. The molecule has 0 heterocycles. The summed E-state index contributed by atoms with van der Waals surface area (Å²) in [6.45, 7) is 6.23. The second-order valence-corrected chi connectivity index (χ2v) is 7.15. The molecule has 6 heteroatoms. The smallest absolute Gasteiger partial charge is 0.308 e. The molecular formula is C15H21BrN2O3. The van der Waals surface area contributed by atoms with Crippen LogP contribution in [-0.2, 0) is 4.79 Å². The first-order valence-corrected chi connectivity index (χ1v) is 7.45. The summed E-state index contributed by atoms with van der Waals surface area (Å²) in [5.41, 5.74) is 6.12. The van der Waals surface area contributed by atoms with Gasteiger partial charge in [0.15, 0.2) is 0 Å². The predicted molar refractivity (Wildman–Crippen MR) is 86.3 cm³/mol. The number of amides is 1. The molecular weight excluding hydrogens is 336 g/mol. The minimum Gasteiger partial charge on any atom is -0.481 e. The number of benzene rings is 1. The van der Waals surface area contributed by atoms with E-state index in [0.29, 0.717) is 17.7 Å². The first-order valence-electron chi connectivity index (χ1n) is 6.66. The highest BCUT2D eigenvalue weighted by Gasteiger charge is 2.24. The Morgan fingerprint density at radius 1 is 1.38 bits per heavy atom. The molecule has 0 aliphatic carbocycles. The van der Waals surface area contributed by atoms with Crippen molar-refractivity contribution in [3.63, 3.8) is 0 Å². The number of nitrogens with two attached hydrogens (primary N) is 1. The van der Waals surface area contributed by atoms with Crippen LogP contribution in [0.1, 0.15) is 37.6 Å². The van der Waals surface area contributed by atoms with Crippen LogP contribution in [0, 0.1) is 11.3 Å². The van der Waals surface area contributed by atoms with Crippen molar-refractivity contribution < 1.29 is 14.7 Å². The first kappa shape index (κ1) is 17.5. The molecule has 0 aliphatic rings. The van der Waals surface area contributed by atoms with Gasteiger partial charge in [0.2, 0.25) is 0 Å². The molecule has 0 radical (unpaired) electrons. The quantitative estimate of drug-likeness (QED) is 0.729. The van der Waals surface area contributed by atoms with E-state index < -0.39 is 17.8 Å². The number of carboxylic acids is 1. The van der Waals surface area contributed by atoms with Crippen LogP contribution in [0.4, 0.5) is 5.69 Å². The monoisotopic (exact) mass is 356 g/mol.